The zero-order valence-corrected chi connectivity index (χ0v) is 9.45. The van der Waals surface area contributed by atoms with Crippen LogP contribution >= 0.6 is 11.6 Å². The van der Waals surface area contributed by atoms with Crippen molar-refractivity contribution < 1.29 is 4.39 Å². The normalized spacial score (nSPS) is 12.8. The van der Waals surface area contributed by atoms with Gasteiger partial charge in [0, 0.05) is 19.4 Å². The third kappa shape index (κ3) is 1.81. The average molecular weight is 240 g/mol. The van der Waals surface area contributed by atoms with E-state index >= 15 is 0 Å². The quantitative estimate of drug-likeness (QED) is 0.874. The van der Waals surface area contributed by atoms with Crippen molar-refractivity contribution in [2.75, 3.05) is 0 Å². The molecular weight excluding hydrogens is 229 g/mol. The highest BCUT2D eigenvalue weighted by atomic mass is 35.5. The molecular formula is C11H11ClFN3. The second-order valence-electron chi connectivity index (χ2n) is 3.52. The van der Waals surface area contributed by atoms with Gasteiger partial charge in [0.25, 0.3) is 0 Å². The van der Waals surface area contributed by atoms with E-state index in [1.54, 1.807) is 29.1 Å². The van der Waals surface area contributed by atoms with Gasteiger partial charge in [-0.2, -0.15) is 0 Å². The fraction of sp³-hybridized carbons (Fsp3) is 0.182. The summed E-state index contributed by atoms with van der Waals surface area (Å²) < 4.78 is 15.1. The lowest BCUT2D eigenvalue weighted by Crippen LogP contribution is -2.17. The molecule has 0 fully saturated rings. The summed E-state index contributed by atoms with van der Waals surface area (Å²) in [6.07, 6.45) is 3.42. The van der Waals surface area contributed by atoms with Crippen LogP contribution in [0.4, 0.5) is 4.39 Å². The van der Waals surface area contributed by atoms with E-state index in [2.05, 4.69) is 4.98 Å². The van der Waals surface area contributed by atoms with Crippen LogP contribution in [0.1, 0.15) is 17.4 Å². The van der Waals surface area contributed by atoms with Crippen molar-refractivity contribution in [3.8, 4) is 0 Å². The van der Waals surface area contributed by atoms with Gasteiger partial charge in [-0.1, -0.05) is 23.7 Å². The number of aryl methyl sites for hydroxylation is 1. The van der Waals surface area contributed by atoms with Gasteiger partial charge in [-0.05, 0) is 11.6 Å². The van der Waals surface area contributed by atoms with Gasteiger partial charge in [0.1, 0.15) is 11.6 Å². The SMILES string of the molecule is Cn1ccnc1C(N)c1cccc(F)c1Cl. The van der Waals surface area contributed by atoms with E-state index in [9.17, 15) is 4.39 Å². The van der Waals surface area contributed by atoms with E-state index in [1.165, 1.54) is 6.07 Å². The minimum Gasteiger partial charge on any atom is -0.336 e. The van der Waals surface area contributed by atoms with Gasteiger partial charge in [0.2, 0.25) is 0 Å². The number of hydrogen-bond donors (Lipinski definition) is 1. The molecule has 1 unspecified atom stereocenters. The number of hydrogen-bond acceptors (Lipinski definition) is 2. The lowest BCUT2D eigenvalue weighted by molar-refractivity contribution is 0.621. The first-order chi connectivity index (χ1) is 7.61. The van der Waals surface area contributed by atoms with Gasteiger partial charge >= 0.3 is 0 Å². The summed E-state index contributed by atoms with van der Waals surface area (Å²) >= 11 is 5.87. The van der Waals surface area contributed by atoms with E-state index in [4.69, 9.17) is 17.3 Å². The molecule has 5 heteroatoms. The number of rotatable bonds is 2. The summed E-state index contributed by atoms with van der Waals surface area (Å²) in [4.78, 5) is 4.12. The highest BCUT2D eigenvalue weighted by Gasteiger charge is 2.17. The molecule has 1 atom stereocenters. The predicted molar refractivity (Wildman–Crippen MR) is 60.6 cm³/mol. The van der Waals surface area contributed by atoms with Crippen LogP contribution in [-0.4, -0.2) is 9.55 Å². The topological polar surface area (TPSA) is 43.8 Å². The average Bonchev–Trinajstić information content (AvgIpc) is 2.68. The second-order valence-corrected chi connectivity index (χ2v) is 3.90. The molecule has 0 spiro atoms. The monoisotopic (exact) mass is 239 g/mol. The van der Waals surface area contributed by atoms with Crippen molar-refractivity contribution in [1.82, 2.24) is 9.55 Å². The summed E-state index contributed by atoms with van der Waals surface area (Å²) in [7, 11) is 1.83. The van der Waals surface area contributed by atoms with Crippen molar-refractivity contribution in [1.29, 1.82) is 0 Å². The summed E-state index contributed by atoms with van der Waals surface area (Å²) in [5, 5.41) is 0.0537. The van der Waals surface area contributed by atoms with Crippen LogP contribution in [0.2, 0.25) is 5.02 Å². The van der Waals surface area contributed by atoms with E-state index in [0.29, 0.717) is 11.4 Å². The highest BCUT2D eigenvalue weighted by Crippen LogP contribution is 2.27. The largest absolute Gasteiger partial charge is 0.336 e. The van der Waals surface area contributed by atoms with Gasteiger partial charge in [-0.3, -0.25) is 0 Å². The van der Waals surface area contributed by atoms with Crippen LogP contribution in [0.25, 0.3) is 0 Å². The molecule has 3 nitrogen and oxygen atoms in total. The maximum Gasteiger partial charge on any atom is 0.142 e. The number of nitrogens with two attached hydrogens (primary N) is 1. The molecule has 1 aromatic carbocycles. The number of nitrogens with zero attached hydrogens (tertiary/aromatic N) is 2. The lowest BCUT2D eigenvalue weighted by atomic mass is 10.1. The molecule has 16 heavy (non-hydrogen) atoms. The Morgan fingerprint density at radius 3 is 2.88 bits per heavy atom. The minimum absolute atomic E-state index is 0.0537. The van der Waals surface area contributed by atoms with E-state index in [-0.39, 0.29) is 5.02 Å². The number of halogens is 2. The molecule has 0 aliphatic carbocycles. The molecule has 2 aromatic rings. The zero-order valence-electron chi connectivity index (χ0n) is 8.69. The Labute approximate surface area is 97.7 Å². The molecule has 0 amide bonds. The number of aromatic nitrogens is 2. The second kappa shape index (κ2) is 4.23. The molecule has 0 aliphatic heterocycles. The number of imidazole rings is 1. The fourth-order valence-corrected chi connectivity index (χ4v) is 1.82. The van der Waals surface area contributed by atoms with Crippen molar-refractivity contribution in [3.63, 3.8) is 0 Å². The molecule has 2 N–H and O–H groups in total. The molecule has 0 saturated heterocycles. The molecule has 0 aliphatic rings. The molecule has 0 radical (unpaired) electrons. The molecule has 84 valence electrons. The summed E-state index contributed by atoms with van der Waals surface area (Å²) in [5.74, 6) is 0.177. The van der Waals surface area contributed by atoms with Crippen LogP contribution in [0, 0.1) is 5.82 Å². The Bertz CT molecular complexity index is 510. The Morgan fingerprint density at radius 1 is 1.50 bits per heavy atom. The van der Waals surface area contributed by atoms with Gasteiger partial charge in [0.05, 0.1) is 11.1 Å². The van der Waals surface area contributed by atoms with E-state index < -0.39 is 11.9 Å². The molecule has 0 saturated carbocycles. The summed E-state index contributed by atoms with van der Waals surface area (Å²) in [6, 6.07) is 4.06. The number of benzene rings is 1. The predicted octanol–water partition coefficient (Wildman–Crippen LogP) is 2.26. The first-order valence-electron chi connectivity index (χ1n) is 4.78. The Hall–Kier alpha value is -1.39. The highest BCUT2D eigenvalue weighted by molar-refractivity contribution is 6.31. The Morgan fingerprint density at radius 2 is 2.25 bits per heavy atom. The maximum atomic E-state index is 13.3. The molecule has 2 rings (SSSR count). The van der Waals surface area contributed by atoms with E-state index in [1.807, 2.05) is 7.05 Å². The smallest absolute Gasteiger partial charge is 0.142 e. The van der Waals surface area contributed by atoms with Gasteiger partial charge in [-0.15, -0.1) is 0 Å². The van der Waals surface area contributed by atoms with Gasteiger partial charge in [-0.25, -0.2) is 9.37 Å². The van der Waals surface area contributed by atoms with Crippen LogP contribution < -0.4 is 5.73 Å². The van der Waals surface area contributed by atoms with Crippen molar-refractivity contribution in [3.05, 3.63) is 52.8 Å². The minimum atomic E-state index is -0.525. The maximum absolute atomic E-state index is 13.3. The lowest BCUT2D eigenvalue weighted by Gasteiger charge is -2.13. The molecule has 1 heterocycles. The van der Waals surface area contributed by atoms with Crippen molar-refractivity contribution in [2.45, 2.75) is 6.04 Å². The third-order valence-corrected chi connectivity index (χ3v) is 2.85. The first kappa shape index (κ1) is 11.1. The van der Waals surface area contributed by atoms with E-state index in [0.717, 1.165) is 0 Å². The zero-order chi connectivity index (χ0) is 11.7. The van der Waals surface area contributed by atoms with Gasteiger partial charge < -0.3 is 10.3 Å². The first-order valence-corrected chi connectivity index (χ1v) is 5.15. The summed E-state index contributed by atoms with van der Waals surface area (Å²) in [5.41, 5.74) is 6.53. The van der Waals surface area contributed by atoms with Crippen molar-refractivity contribution in [2.24, 2.45) is 12.8 Å². The standard InChI is InChI=1S/C11H11ClFN3/c1-16-6-5-15-11(16)10(14)7-3-2-4-8(13)9(7)12/h2-6,10H,14H2,1H3. The van der Waals surface area contributed by atoms with Crippen LogP contribution in [0.15, 0.2) is 30.6 Å². The van der Waals surface area contributed by atoms with Crippen LogP contribution in [0.5, 0.6) is 0 Å². The molecule has 0 bridgehead atoms. The Kier molecular flexibility index (Phi) is 2.94. The Balaban J connectivity index is 2.46. The van der Waals surface area contributed by atoms with Gasteiger partial charge in [0.15, 0.2) is 0 Å². The third-order valence-electron chi connectivity index (χ3n) is 2.45. The molecule has 1 aromatic heterocycles. The van der Waals surface area contributed by atoms with Crippen molar-refractivity contribution >= 4 is 11.6 Å². The fourth-order valence-electron chi connectivity index (χ4n) is 1.58. The van der Waals surface area contributed by atoms with Crippen LogP contribution in [0.3, 0.4) is 0 Å². The summed E-state index contributed by atoms with van der Waals surface area (Å²) in [6.45, 7) is 0. The van der Waals surface area contributed by atoms with Crippen LogP contribution in [-0.2, 0) is 7.05 Å².